The molecule has 3 aromatic rings. The molecule has 6 heteroatoms. The van der Waals surface area contributed by atoms with Crippen LogP contribution in [-0.2, 0) is 6.54 Å². The van der Waals surface area contributed by atoms with Gasteiger partial charge in [0.2, 0.25) is 5.95 Å². The number of nitrogens with one attached hydrogen (secondary N) is 2. The first-order valence-electron chi connectivity index (χ1n) is 8.22. The van der Waals surface area contributed by atoms with Crippen molar-refractivity contribution in [2.75, 3.05) is 17.2 Å². The quantitative estimate of drug-likeness (QED) is 0.681. The molecule has 2 N–H and O–H groups in total. The van der Waals surface area contributed by atoms with Crippen molar-refractivity contribution in [1.29, 1.82) is 0 Å². The number of hydrogen-bond acceptors (Lipinski definition) is 6. The van der Waals surface area contributed by atoms with Crippen molar-refractivity contribution in [1.82, 2.24) is 15.2 Å². The standard InChI is InChI=1S/C19H21N5O/c1-3-25-17-10-8-16(9-11-17)22-19-23-18(13-21-24-19)20-12-15-7-5-4-6-14(15)2/h4-11,13H,3,12H2,1-2H3,(H2,20,22,23,24). The molecule has 0 aliphatic carbocycles. The van der Waals surface area contributed by atoms with Gasteiger partial charge in [0.1, 0.15) is 5.75 Å². The van der Waals surface area contributed by atoms with Crippen molar-refractivity contribution in [3.63, 3.8) is 0 Å². The predicted octanol–water partition coefficient (Wildman–Crippen LogP) is 3.93. The minimum atomic E-state index is 0.443. The summed E-state index contributed by atoms with van der Waals surface area (Å²) < 4.78 is 5.43. The van der Waals surface area contributed by atoms with Crippen LogP contribution < -0.4 is 15.4 Å². The van der Waals surface area contributed by atoms with Crippen molar-refractivity contribution in [3.05, 3.63) is 65.9 Å². The van der Waals surface area contributed by atoms with Crippen LogP contribution in [-0.4, -0.2) is 21.8 Å². The second-order valence-electron chi connectivity index (χ2n) is 5.53. The summed E-state index contributed by atoms with van der Waals surface area (Å²) in [6.45, 7) is 5.39. The lowest BCUT2D eigenvalue weighted by Crippen LogP contribution is -2.06. The fraction of sp³-hybridized carbons (Fsp3) is 0.211. The van der Waals surface area contributed by atoms with Gasteiger partial charge in [0.25, 0.3) is 0 Å². The minimum Gasteiger partial charge on any atom is -0.494 e. The van der Waals surface area contributed by atoms with Crippen LogP contribution in [0.2, 0.25) is 0 Å². The third-order valence-corrected chi connectivity index (χ3v) is 3.70. The topological polar surface area (TPSA) is 72.0 Å². The number of rotatable bonds is 7. The first-order chi connectivity index (χ1) is 12.2. The maximum atomic E-state index is 5.43. The van der Waals surface area contributed by atoms with Crippen LogP contribution >= 0.6 is 0 Å². The lowest BCUT2D eigenvalue weighted by molar-refractivity contribution is 0.340. The van der Waals surface area contributed by atoms with E-state index in [9.17, 15) is 0 Å². The summed E-state index contributed by atoms with van der Waals surface area (Å²) in [5.41, 5.74) is 3.34. The van der Waals surface area contributed by atoms with Crippen molar-refractivity contribution >= 4 is 17.5 Å². The van der Waals surface area contributed by atoms with Gasteiger partial charge in [-0.3, -0.25) is 0 Å². The van der Waals surface area contributed by atoms with Crippen molar-refractivity contribution < 1.29 is 4.74 Å². The monoisotopic (exact) mass is 335 g/mol. The van der Waals surface area contributed by atoms with Gasteiger partial charge < -0.3 is 15.4 Å². The average Bonchev–Trinajstić information content (AvgIpc) is 2.63. The SMILES string of the molecule is CCOc1ccc(Nc2nncc(NCc3ccccc3C)n2)cc1. The van der Waals surface area contributed by atoms with Crippen LogP contribution in [0, 0.1) is 6.92 Å². The van der Waals surface area contributed by atoms with Gasteiger partial charge in [0.15, 0.2) is 5.82 Å². The van der Waals surface area contributed by atoms with E-state index in [2.05, 4.69) is 44.9 Å². The smallest absolute Gasteiger partial charge is 0.249 e. The van der Waals surface area contributed by atoms with Gasteiger partial charge in [-0.05, 0) is 49.2 Å². The van der Waals surface area contributed by atoms with E-state index in [0.29, 0.717) is 24.9 Å². The van der Waals surface area contributed by atoms with E-state index >= 15 is 0 Å². The lowest BCUT2D eigenvalue weighted by Gasteiger charge is -2.09. The Bertz CT molecular complexity index is 820. The number of aromatic nitrogens is 3. The third kappa shape index (κ3) is 4.67. The summed E-state index contributed by atoms with van der Waals surface area (Å²) in [5.74, 6) is 1.95. The molecule has 1 heterocycles. The summed E-state index contributed by atoms with van der Waals surface area (Å²) >= 11 is 0. The van der Waals surface area contributed by atoms with Crippen LogP contribution in [0.15, 0.2) is 54.7 Å². The lowest BCUT2D eigenvalue weighted by atomic mass is 10.1. The molecule has 0 spiro atoms. The maximum Gasteiger partial charge on any atom is 0.249 e. The first kappa shape index (κ1) is 16.7. The van der Waals surface area contributed by atoms with E-state index < -0.39 is 0 Å². The highest BCUT2D eigenvalue weighted by Gasteiger charge is 2.03. The highest BCUT2D eigenvalue weighted by atomic mass is 16.5. The molecular weight excluding hydrogens is 314 g/mol. The van der Waals surface area contributed by atoms with E-state index in [1.165, 1.54) is 11.1 Å². The van der Waals surface area contributed by atoms with Crippen molar-refractivity contribution in [2.24, 2.45) is 0 Å². The average molecular weight is 335 g/mol. The van der Waals surface area contributed by atoms with Crippen molar-refractivity contribution in [2.45, 2.75) is 20.4 Å². The molecule has 128 valence electrons. The van der Waals surface area contributed by atoms with Crippen LogP contribution in [0.1, 0.15) is 18.1 Å². The number of nitrogens with zero attached hydrogens (tertiary/aromatic N) is 3. The summed E-state index contributed by atoms with van der Waals surface area (Å²) in [6, 6.07) is 15.9. The Kier molecular flexibility index (Phi) is 5.41. The molecule has 1 aromatic heterocycles. The molecule has 0 aliphatic rings. The van der Waals surface area contributed by atoms with Gasteiger partial charge in [0, 0.05) is 12.2 Å². The van der Waals surface area contributed by atoms with E-state index in [0.717, 1.165) is 11.4 Å². The Morgan fingerprint density at radius 3 is 2.60 bits per heavy atom. The Morgan fingerprint density at radius 1 is 1.04 bits per heavy atom. The van der Waals surface area contributed by atoms with Crippen LogP contribution in [0.4, 0.5) is 17.5 Å². The molecule has 0 radical (unpaired) electrons. The van der Waals surface area contributed by atoms with Gasteiger partial charge in [-0.1, -0.05) is 24.3 Å². The van der Waals surface area contributed by atoms with Gasteiger partial charge in [0.05, 0.1) is 12.8 Å². The number of aryl methyl sites for hydroxylation is 1. The largest absolute Gasteiger partial charge is 0.494 e. The zero-order valence-corrected chi connectivity index (χ0v) is 14.4. The van der Waals surface area contributed by atoms with Crippen LogP contribution in [0.25, 0.3) is 0 Å². The van der Waals surface area contributed by atoms with Gasteiger partial charge in [-0.25, -0.2) is 0 Å². The van der Waals surface area contributed by atoms with Crippen LogP contribution in [0.3, 0.4) is 0 Å². The molecule has 0 saturated heterocycles. The number of benzene rings is 2. The summed E-state index contributed by atoms with van der Waals surface area (Å²) in [5, 5.41) is 14.4. The maximum absolute atomic E-state index is 5.43. The summed E-state index contributed by atoms with van der Waals surface area (Å²) in [4.78, 5) is 4.44. The molecule has 0 aliphatic heterocycles. The van der Waals surface area contributed by atoms with E-state index in [-0.39, 0.29) is 0 Å². The molecule has 0 amide bonds. The number of anilines is 3. The molecule has 0 atom stereocenters. The molecule has 0 unspecified atom stereocenters. The molecule has 0 fully saturated rings. The zero-order valence-electron chi connectivity index (χ0n) is 14.4. The van der Waals surface area contributed by atoms with Gasteiger partial charge >= 0.3 is 0 Å². The molecule has 3 rings (SSSR count). The van der Waals surface area contributed by atoms with Crippen LogP contribution in [0.5, 0.6) is 5.75 Å². The third-order valence-electron chi connectivity index (χ3n) is 3.70. The molecule has 0 bridgehead atoms. The molecule has 25 heavy (non-hydrogen) atoms. The van der Waals surface area contributed by atoms with Gasteiger partial charge in [-0.2, -0.15) is 10.1 Å². The Labute approximate surface area is 147 Å². The number of hydrogen-bond donors (Lipinski definition) is 2. The summed E-state index contributed by atoms with van der Waals surface area (Å²) in [6.07, 6.45) is 1.61. The fourth-order valence-electron chi connectivity index (χ4n) is 2.37. The normalized spacial score (nSPS) is 10.3. The minimum absolute atomic E-state index is 0.443. The predicted molar refractivity (Wildman–Crippen MR) is 99.2 cm³/mol. The van der Waals surface area contributed by atoms with Crippen molar-refractivity contribution in [3.8, 4) is 5.75 Å². The second-order valence-corrected chi connectivity index (χ2v) is 5.53. The first-order valence-corrected chi connectivity index (χ1v) is 8.22. The highest BCUT2D eigenvalue weighted by molar-refractivity contribution is 5.55. The zero-order chi connectivity index (χ0) is 17.5. The highest BCUT2D eigenvalue weighted by Crippen LogP contribution is 2.18. The van der Waals surface area contributed by atoms with E-state index in [4.69, 9.17) is 4.74 Å². The molecule has 0 saturated carbocycles. The fourth-order valence-corrected chi connectivity index (χ4v) is 2.37. The summed E-state index contributed by atoms with van der Waals surface area (Å²) in [7, 11) is 0. The molecular formula is C19H21N5O. The van der Waals surface area contributed by atoms with E-state index in [1.54, 1.807) is 6.20 Å². The van der Waals surface area contributed by atoms with Gasteiger partial charge in [-0.15, -0.1) is 5.10 Å². The molecule has 6 nitrogen and oxygen atoms in total. The second kappa shape index (κ2) is 8.10. The Balaban J connectivity index is 1.64. The number of ether oxygens (including phenoxy) is 1. The Morgan fingerprint density at radius 2 is 1.84 bits per heavy atom. The Hall–Kier alpha value is -3.15. The molecule has 2 aromatic carbocycles. The van der Waals surface area contributed by atoms with E-state index in [1.807, 2.05) is 43.3 Å².